The van der Waals surface area contributed by atoms with E-state index in [1.54, 1.807) is 6.07 Å². The van der Waals surface area contributed by atoms with E-state index in [0.29, 0.717) is 6.54 Å². The summed E-state index contributed by atoms with van der Waals surface area (Å²) in [6.45, 7) is 0.484. The summed E-state index contributed by atoms with van der Waals surface area (Å²) in [5.41, 5.74) is 0.856. The Labute approximate surface area is 59.9 Å². The average Bonchev–Trinajstić information content (AvgIpc) is 1.88. The number of benzene rings is 1. The van der Waals surface area contributed by atoms with Gasteiger partial charge in [-0.1, -0.05) is 12.1 Å². The van der Waals surface area contributed by atoms with E-state index < -0.39 is 0 Å². The van der Waals surface area contributed by atoms with Crippen LogP contribution in [-0.4, -0.2) is 0 Å². The minimum absolute atomic E-state index is 0.221. The molecule has 0 atom stereocenters. The van der Waals surface area contributed by atoms with Gasteiger partial charge in [0.25, 0.3) is 0 Å². The molecule has 0 bridgehead atoms. The highest BCUT2D eigenvalue weighted by molar-refractivity contribution is 5.15. The van der Waals surface area contributed by atoms with Gasteiger partial charge in [-0.05, 0) is 17.7 Å². The van der Waals surface area contributed by atoms with Crippen LogP contribution in [-0.2, 0) is 6.54 Å². The van der Waals surface area contributed by atoms with Crippen molar-refractivity contribution in [1.82, 2.24) is 5.32 Å². The molecule has 0 heterocycles. The molecular weight excluding hydrogens is 129 g/mol. The highest BCUT2D eigenvalue weighted by Crippen LogP contribution is 2.02. The van der Waals surface area contributed by atoms with Crippen molar-refractivity contribution >= 4 is 0 Å². The number of halogens is 1. The molecule has 2 heteroatoms. The molecule has 10 heavy (non-hydrogen) atoms. The first-order valence-corrected chi connectivity index (χ1v) is 3.00. The van der Waals surface area contributed by atoms with Gasteiger partial charge in [0.05, 0.1) is 0 Å². The van der Waals surface area contributed by atoms with Crippen LogP contribution in [0.4, 0.5) is 4.39 Å². The predicted molar refractivity (Wildman–Crippen MR) is 37.6 cm³/mol. The van der Waals surface area contributed by atoms with E-state index in [4.69, 9.17) is 0 Å². The predicted octanol–water partition coefficient (Wildman–Crippen LogP) is 1.72. The van der Waals surface area contributed by atoms with Gasteiger partial charge in [0.1, 0.15) is 5.82 Å². The van der Waals surface area contributed by atoms with Crippen molar-refractivity contribution in [2.24, 2.45) is 0 Å². The standard InChI is InChI=1S/C8H8FN/c1-10-6-7-3-2-4-8(9)5-7/h2-5H,1,6H2/q-1. The normalized spacial score (nSPS) is 9.80. The Hall–Kier alpha value is -0.890. The van der Waals surface area contributed by atoms with Gasteiger partial charge in [-0.3, -0.25) is 7.05 Å². The van der Waals surface area contributed by atoms with E-state index in [-0.39, 0.29) is 5.82 Å². The Balaban J connectivity index is 2.75. The fourth-order valence-corrected chi connectivity index (χ4v) is 0.764. The van der Waals surface area contributed by atoms with Crippen LogP contribution in [0.5, 0.6) is 0 Å². The van der Waals surface area contributed by atoms with Crippen LogP contribution < -0.4 is 5.32 Å². The van der Waals surface area contributed by atoms with Gasteiger partial charge in [0.2, 0.25) is 0 Å². The van der Waals surface area contributed by atoms with Crippen molar-refractivity contribution in [2.45, 2.75) is 6.54 Å². The maximum atomic E-state index is 12.4. The molecule has 0 saturated carbocycles. The molecule has 1 rings (SSSR count). The van der Waals surface area contributed by atoms with Crippen LogP contribution in [0.25, 0.3) is 0 Å². The number of hydrogen-bond donors (Lipinski definition) is 0. The van der Waals surface area contributed by atoms with Gasteiger partial charge in [-0.25, -0.2) is 4.39 Å². The molecule has 53 valence electrons. The SMILES string of the molecule is [CH2-][N]Cc1cccc(F)c1. The summed E-state index contributed by atoms with van der Waals surface area (Å²) in [7, 11) is 3.31. The van der Waals surface area contributed by atoms with Gasteiger partial charge in [-0.15, -0.1) is 0 Å². The zero-order chi connectivity index (χ0) is 7.40. The molecule has 0 saturated heterocycles. The molecule has 1 aromatic rings. The zero-order valence-corrected chi connectivity index (χ0v) is 5.55. The smallest absolute Gasteiger partial charge is 0.123 e. The molecule has 1 nitrogen and oxygen atoms in total. The van der Waals surface area contributed by atoms with Crippen molar-refractivity contribution in [2.75, 3.05) is 0 Å². The van der Waals surface area contributed by atoms with Gasteiger partial charge in [-0.2, -0.15) is 0 Å². The molecule has 0 N–H and O–H groups in total. The molecule has 0 spiro atoms. The highest BCUT2D eigenvalue weighted by Gasteiger charge is 1.90. The van der Waals surface area contributed by atoms with Gasteiger partial charge >= 0.3 is 0 Å². The Morgan fingerprint density at radius 3 is 2.90 bits per heavy atom. The summed E-state index contributed by atoms with van der Waals surface area (Å²) < 4.78 is 12.4. The first-order chi connectivity index (χ1) is 4.83. The number of hydrogen-bond acceptors (Lipinski definition) is 0. The monoisotopic (exact) mass is 137 g/mol. The topological polar surface area (TPSA) is 14.1 Å². The van der Waals surface area contributed by atoms with Crippen molar-refractivity contribution in [3.63, 3.8) is 0 Å². The molecule has 0 unspecified atom stereocenters. The van der Waals surface area contributed by atoms with Gasteiger partial charge in [0, 0.05) is 6.54 Å². The van der Waals surface area contributed by atoms with E-state index in [1.165, 1.54) is 12.1 Å². The molecular formula is C8H8FN-. The van der Waals surface area contributed by atoms with Crippen LogP contribution in [0.3, 0.4) is 0 Å². The Morgan fingerprint density at radius 2 is 2.30 bits per heavy atom. The van der Waals surface area contributed by atoms with Crippen molar-refractivity contribution in [3.8, 4) is 0 Å². The van der Waals surface area contributed by atoms with E-state index in [2.05, 4.69) is 12.4 Å². The summed E-state index contributed by atoms with van der Waals surface area (Å²) >= 11 is 0. The third kappa shape index (κ3) is 1.81. The van der Waals surface area contributed by atoms with Crippen LogP contribution in [0, 0.1) is 12.9 Å². The summed E-state index contributed by atoms with van der Waals surface area (Å²) in [4.78, 5) is 0. The van der Waals surface area contributed by atoms with Crippen LogP contribution in [0.2, 0.25) is 0 Å². The molecule has 0 aromatic heterocycles. The minimum Gasteiger partial charge on any atom is -0.420 e. The first kappa shape index (κ1) is 7.22. The second-order valence-corrected chi connectivity index (χ2v) is 2.01. The molecule has 0 aliphatic rings. The van der Waals surface area contributed by atoms with E-state index in [0.717, 1.165) is 5.56 Å². The summed E-state index contributed by atoms with van der Waals surface area (Å²) in [5.74, 6) is -0.221. The lowest BCUT2D eigenvalue weighted by atomic mass is 10.2. The number of rotatable bonds is 2. The summed E-state index contributed by atoms with van der Waals surface area (Å²) in [5, 5.41) is 3.63. The minimum atomic E-state index is -0.221. The molecule has 1 aromatic carbocycles. The maximum Gasteiger partial charge on any atom is 0.123 e. The molecule has 0 aliphatic carbocycles. The van der Waals surface area contributed by atoms with Crippen LogP contribution in [0.1, 0.15) is 5.56 Å². The van der Waals surface area contributed by atoms with Crippen LogP contribution in [0.15, 0.2) is 24.3 Å². The Morgan fingerprint density at radius 1 is 1.50 bits per heavy atom. The Bertz CT molecular complexity index is 210. The Kier molecular flexibility index (Phi) is 2.40. The lowest BCUT2D eigenvalue weighted by molar-refractivity contribution is 0.624. The van der Waals surface area contributed by atoms with E-state index >= 15 is 0 Å². The fourth-order valence-electron chi connectivity index (χ4n) is 0.764. The molecule has 0 aliphatic heterocycles. The fraction of sp³-hybridized carbons (Fsp3) is 0.125. The number of nitrogens with zero attached hydrogens (tertiary/aromatic N) is 1. The van der Waals surface area contributed by atoms with E-state index in [9.17, 15) is 4.39 Å². The second-order valence-electron chi connectivity index (χ2n) is 2.01. The van der Waals surface area contributed by atoms with Gasteiger partial charge < -0.3 is 5.32 Å². The molecule has 0 amide bonds. The third-order valence-electron chi connectivity index (χ3n) is 1.18. The van der Waals surface area contributed by atoms with Crippen LogP contribution >= 0.6 is 0 Å². The quantitative estimate of drug-likeness (QED) is 0.551. The first-order valence-electron chi connectivity index (χ1n) is 3.00. The summed E-state index contributed by atoms with van der Waals surface area (Å²) in [6, 6.07) is 6.34. The van der Waals surface area contributed by atoms with Crippen molar-refractivity contribution in [1.29, 1.82) is 0 Å². The third-order valence-corrected chi connectivity index (χ3v) is 1.18. The largest absolute Gasteiger partial charge is 0.420 e. The molecule has 0 fully saturated rings. The maximum absolute atomic E-state index is 12.4. The lowest BCUT2D eigenvalue weighted by Gasteiger charge is -2.00. The summed E-state index contributed by atoms with van der Waals surface area (Å²) in [6.07, 6.45) is 0. The van der Waals surface area contributed by atoms with Gasteiger partial charge in [0.15, 0.2) is 0 Å². The lowest BCUT2D eigenvalue weighted by Crippen LogP contribution is -1.94. The van der Waals surface area contributed by atoms with Crippen molar-refractivity contribution in [3.05, 3.63) is 42.7 Å². The highest BCUT2D eigenvalue weighted by atomic mass is 19.1. The second kappa shape index (κ2) is 3.32. The average molecular weight is 137 g/mol. The molecule has 1 radical (unpaired) electrons. The van der Waals surface area contributed by atoms with E-state index in [1.807, 2.05) is 6.07 Å². The zero-order valence-electron chi connectivity index (χ0n) is 5.55. The van der Waals surface area contributed by atoms with Crippen molar-refractivity contribution < 1.29 is 4.39 Å².